The second-order valence-corrected chi connectivity index (χ2v) is 14.4. The molecule has 9 heterocycles. The van der Waals surface area contributed by atoms with Crippen LogP contribution in [0.5, 0.6) is 0 Å². The average Bonchev–Trinajstić information content (AvgIpc) is 3.45. The normalized spacial score (nSPS) is 20.2. The Morgan fingerprint density at radius 1 is 0.582 bits per heavy atom. The topological polar surface area (TPSA) is 104 Å². The highest BCUT2D eigenvalue weighted by molar-refractivity contribution is 5.62. The van der Waals surface area contributed by atoms with E-state index in [-0.39, 0.29) is 13.1 Å². The summed E-state index contributed by atoms with van der Waals surface area (Å²) < 4.78 is 0.971. The molecule has 268 valence electrons. The van der Waals surface area contributed by atoms with Crippen LogP contribution in [-0.4, -0.2) is 52.6 Å². The monoisotopic (exact) mass is 720 g/mol. The fourth-order valence-electron chi connectivity index (χ4n) is 8.06. The highest BCUT2D eigenvalue weighted by atomic mass is 16.5. The van der Waals surface area contributed by atoms with Gasteiger partial charge in [-0.15, -0.1) is 0 Å². The van der Waals surface area contributed by atoms with E-state index in [4.69, 9.17) is 19.9 Å². The van der Waals surface area contributed by atoms with Crippen LogP contribution in [0.25, 0.3) is 34.5 Å². The molecule has 4 aromatic heterocycles. The summed E-state index contributed by atoms with van der Waals surface area (Å²) in [5.41, 5.74) is 9.99. The minimum Gasteiger partial charge on any atom is -0.754 e. The van der Waals surface area contributed by atoms with Crippen LogP contribution in [-0.2, 0) is 26.2 Å². The molecule has 1 aliphatic carbocycles. The predicted octanol–water partition coefficient (Wildman–Crippen LogP) is 6.04. The molecule has 14 bridgehead atoms. The summed E-state index contributed by atoms with van der Waals surface area (Å²) in [6, 6.07) is 32.0. The number of hydroxylamine groups is 2. The van der Waals surface area contributed by atoms with Crippen molar-refractivity contribution in [1.82, 2.24) is 34.8 Å². The van der Waals surface area contributed by atoms with Gasteiger partial charge in [0.1, 0.15) is 5.70 Å². The zero-order valence-corrected chi connectivity index (χ0v) is 30.0. The number of rotatable bonds is 0. The van der Waals surface area contributed by atoms with Crippen molar-refractivity contribution < 1.29 is 4.76 Å². The Balaban J connectivity index is 1.27. The van der Waals surface area contributed by atoms with Gasteiger partial charge in [-0.3, -0.25) is 9.80 Å². The van der Waals surface area contributed by atoms with E-state index in [1.807, 2.05) is 127 Å². The van der Waals surface area contributed by atoms with Gasteiger partial charge in [-0.1, -0.05) is 66.8 Å². The minimum absolute atomic E-state index is 0.271. The number of pyridine rings is 4. The van der Waals surface area contributed by atoms with Crippen molar-refractivity contribution in [2.24, 2.45) is 0 Å². The SMILES string of the molecule is O=[N+]1C2=C3C=C4CC=CC=CC4=C(CN4Cc5cccc(n5)-c5cccc(n5)CN(CC1=c1ccccc1=C2)Cc1cccc(n1)-c1cccc(n1)C4)N3[O-]. The first-order valence-corrected chi connectivity index (χ1v) is 18.6. The zero-order valence-electron chi connectivity index (χ0n) is 30.0. The lowest BCUT2D eigenvalue weighted by Crippen LogP contribution is -2.40. The van der Waals surface area contributed by atoms with Crippen molar-refractivity contribution in [1.29, 1.82) is 0 Å². The lowest BCUT2D eigenvalue weighted by molar-refractivity contribution is -0.398. The summed E-state index contributed by atoms with van der Waals surface area (Å²) in [7, 11) is 0. The number of allylic oxidation sites excluding steroid dienone is 8. The van der Waals surface area contributed by atoms with Crippen LogP contribution in [0.2, 0.25) is 0 Å². The summed E-state index contributed by atoms with van der Waals surface area (Å²) in [5, 5.41) is 17.7. The van der Waals surface area contributed by atoms with E-state index in [2.05, 4.69) is 15.9 Å². The molecule has 0 unspecified atom stereocenters. The number of nitrogens with zero attached hydrogens (tertiary/aromatic N) is 8. The maximum Gasteiger partial charge on any atom is 0.286 e. The first-order valence-electron chi connectivity index (χ1n) is 18.6. The Morgan fingerprint density at radius 3 is 1.71 bits per heavy atom. The second kappa shape index (κ2) is 13.7. The summed E-state index contributed by atoms with van der Waals surface area (Å²) in [4.78, 5) is 39.8. The lowest BCUT2D eigenvalue weighted by atomic mass is 9.94. The first kappa shape index (κ1) is 33.1. The van der Waals surface area contributed by atoms with Crippen LogP contribution < -0.4 is 10.4 Å². The standard InChI is InChI=1S/C45H36N8O2/c54-52-42-22-30-10-2-1-3-16-36(30)44(52)28-50-24-32-12-6-18-38(46-32)40-20-8-14-34(48-40)26-51(29-45-37-17-5-4-11-31(37)23-43(42)53(45)55)27-35-15-9-21-41(49-35)39-19-7-13-33(25-50)47-39/h1-9,11-23H,10,24-29H2. The third kappa shape index (κ3) is 6.36. The molecular formula is C45H36N8O2. The van der Waals surface area contributed by atoms with Crippen LogP contribution in [0.1, 0.15) is 29.2 Å². The van der Waals surface area contributed by atoms with Crippen molar-refractivity contribution in [3.63, 3.8) is 0 Å². The van der Waals surface area contributed by atoms with Crippen LogP contribution in [0.3, 0.4) is 0 Å². The average molecular weight is 721 g/mol. The van der Waals surface area contributed by atoms with Gasteiger partial charge in [0.2, 0.25) is 0 Å². The molecule has 55 heavy (non-hydrogen) atoms. The van der Waals surface area contributed by atoms with Crippen molar-refractivity contribution in [2.45, 2.75) is 32.6 Å². The van der Waals surface area contributed by atoms with Gasteiger partial charge in [-0.05, 0) is 83.5 Å². The Kier molecular flexibility index (Phi) is 8.28. The third-order valence-electron chi connectivity index (χ3n) is 10.6. The molecule has 0 saturated heterocycles. The molecule has 5 aliphatic heterocycles. The van der Waals surface area contributed by atoms with Crippen molar-refractivity contribution in [3.05, 3.63) is 199 Å². The molecule has 6 aliphatic rings. The number of hydrogen-bond donors (Lipinski definition) is 0. The minimum atomic E-state index is 0.271. The Bertz CT molecular complexity index is 2610. The molecule has 0 fully saturated rings. The molecule has 10 nitrogen and oxygen atoms in total. The predicted molar refractivity (Wildman–Crippen MR) is 211 cm³/mol. The van der Waals surface area contributed by atoms with Gasteiger partial charge in [0.25, 0.3) is 11.4 Å². The van der Waals surface area contributed by atoms with E-state index in [1.165, 1.54) is 0 Å². The van der Waals surface area contributed by atoms with E-state index in [0.29, 0.717) is 55.4 Å². The van der Waals surface area contributed by atoms with Gasteiger partial charge in [0.05, 0.1) is 62.1 Å². The maximum absolute atomic E-state index is 15.0. The molecule has 0 saturated carbocycles. The van der Waals surface area contributed by atoms with E-state index >= 15 is 0 Å². The highest BCUT2D eigenvalue weighted by Gasteiger charge is 2.35. The van der Waals surface area contributed by atoms with Crippen molar-refractivity contribution in [3.8, 4) is 22.8 Å². The van der Waals surface area contributed by atoms with Gasteiger partial charge in [-0.25, -0.2) is 19.9 Å². The second-order valence-electron chi connectivity index (χ2n) is 14.4. The van der Waals surface area contributed by atoms with Crippen LogP contribution in [0.15, 0.2) is 156 Å². The molecule has 0 spiro atoms. The fraction of sp³-hybridized carbons (Fsp3) is 0.156. The van der Waals surface area contributed by atoms with Gasteiger partial charge < -0.3 is 10.3 Å². The molecular weight excluding hydrogens is 685 g/mol. The summed E-state index contributed by atoms with van der Waals surface area (Å²) in [6.45, 7) is 2.28. The van der Waals surface area contributed by atoms with E-state index < -0.39 is 0 Å². The molecule has 1 aromatic carbocycles. The molecule has 5 aromatic rings. The summed E-state index contributed by atoms with van der Waals surface area (Å²) >= 11 is 0. The van der Waals surface area contributed by atoms with Gasteiger partial charge >= 0.3 is 0 Å². The molecule has 11 rings (SSSR count). The molecule has 0 N–H and O–H groups in total. The number of hydrogen-bond acceptors (Lipinski definition) is 9. The molecule has 0 amide bonds. The van der Waals surface area contributed by atoms with E-state index in [1.54, 1.807) is 0 Å². The van der Waals surface area contributed by atoms with Crippen molar-refractivity contribution >= 4 is 11.8 Å². The lowest BCUT2D eigenvalue weighted by Gasteiger charge is -2.41. The summed E-state index contributed by atoms with van der Waals surface area (Å²) in [5.74, 6) is 0. The molecule has 0 radical (unpaired) electrons. The smallest absolute Gasteiger partial charge is 0.286 e. The maximum atomic E-state index is 15.0. The Morgan fingerprint density at radius 2 is 1.13 bits per heavy atom. The fourth-order valence-corrected chi connectivity index (χ4v) is 8.06. The number of benzene rings is 1. The van der Waals surface area contributed by atoms with Gasteiger partial charge in [-0.2, -0.15) is 0 Å². The van der Waals surface area contributed by atoms with Gasteiger partial charge in [0, 0.05) is 49.4 Å². The number of aromatic nitrogens is 4. The van der Waals surface area contributed by atoms with Crippen LogP contribution in [0, 0.1) is 10.1 Å². The quantitative estimate of drug-likeness (QED) is 0.177. The first-order chi connectivity index (χ1) is 27.0. The number of nitroso groups, excluding NO2 is 1. The van der Waals surface area contributed by atoms with Crippen LogP contribution >= 0.6 is 0 Å². The largest absolute Gasteiger partial charge is 0.754 e. The van der Waals surface area contributed by atoms with Gasteiger partial charge in [0.15, 0.2) is 0 Å². The highest BCUT2D eigenvalue weighted by Crippen LogP contribution is 2.36. The van der Waals surface area contributed by atoms with E-state index in [9.17, 15) is 10.1 Å². The Labute approximate surface area is 318 Å². The molecule has 10 heteroatoms. The van der Waals surface area contributed by atoms with Crippen LogP contribution in [0.4, 0.5) is 0 Å². The Hall–Kier alpha value is -6.46. The van der Waals surface area contributed by atoms with E-state index in [0.717, 1.165) is 77.0 Å². The van der Waals surface area contributed by atoms with Crippen molar-refractivity contribution in [2.75, 3.05) is 13.1 Å². The number of fused-ring (bicyclic) bond motifs is 2. The molecule has 0 atom stereocenters. The zero-order chi connectivity index (χ0) is 36.9. The summed E-state index contributed by atoms with van der Waals surface area (Å²) in [6.07, 6.45) is 12.5. The third-order valence-corrected chi connectivity index (χ3v) is 10.6.